The molecule has 0 amide bonds. The minimum atomic E-state index is -0.481. The van der Waals surface area contributed by atoms with E-state index in [1.54, 1.807) is 0 Å². The Morgan fingerprint density at radius 1 is 0.400 bits per heavy atom. The number of hydrogen-bond acceptors (Lipinski definition) is 3. The number of rotatable bonds is 5. The van der Waals surface area contributed by atoms with Gasteiger partial charge in [-0.2, -0.15) is 9.97 Å². The minimum Gasteiger partial charge on any atom is -0.307 e. The summed E-state index contributed by atoms with van der Waals surface area (Å²) in [7, 11) is 0. The molecule has 0 bridgehead atoms. The Kier molecular flexibility index (Phi) is 5.35. The van der Waals surface area contributed by atoms with Gasteiger partial charge in [0.05, 0.1) is 28.9 Å². The van der Waals surface area contributed by atoms with Gasteiger partial charge in [0.25, 0.3) is 0 Å². The van der Waals surface area contributed by atoms with Gasteiger partial charge in [-0.05, 0) is 35.4 Å². The summed E-state index contributed by atoms with van der Waals surface area (Å²) in [4.78, 5) is 14.8. The molecular formula is C45H29N5. The van der Waals surface area contributed by atoms with Crippen molar-refractivity contribution in [2.75, 3.05) is 0 Å². The van der Waals surface area contributed by atoms with Crippen LogP contribution < -0.4 is 0 Å². The smallest absolute Gasteiger partial charge is 0.238 e. The van der Waals surface area contributed by atoms with E-state index in [1.165, 1.54) is 0 Å². The van der Waals surface area contributed by atoms with Gasteiger partial charge in [0.15, 0.2) is 11.6 Å². The third-order valence-corrected chi connectivity index (χ3v) is 9.26. The van der Waals surface area contributed by atoms with Crippen LogP contribution in [-0.4, -0.2) is 24.1 Å². The monoisotopic (exact) mass is 644 g/mol. The van der Waals surface area contributed by atoms with Crippen LogP contribution in [0.25, 0.3) is 89.2 Å². The van der Waals surface area contributed by atoms with Crippen molar-refractivity contribution in [1.82, 2.24) is 24.1 Å². The lowest BCUT2D eigenvalue weighted by Crippen LogP contribution is -2.07. The van der Waals surface area contributed by atoms with E-state index in [2.05, 4.69) is 83.4 Å². The molecule has 0 radical (unpaired) electrons. The number of benzene rings is 7. The third kappa shape index (κ3) is 4.45. The van der Waals surface area contributed by atoms with Crippen LogP contribution in [-0.2, 0) is 0 Å². The van der Waals surface area contributed by atoms with Crippen LogP contribution in [0.2, 0.25) is 0 Å². The molecule has 7 aromatic carbocycles. The van der Waals surface area contributed by atoms with E-state index in [0.717, 1.165) is 60.4 Å². The summed E-state index contributed by atoms with van der Waals surface area (Å²) in [5.41, 5.74) is 7.47. The molecule has 0 spiro atoms. The summed E-state index contributed by atoms with van der Waals surface area (Å²) in [6, 6.07) is 46.9. The SMILES string of the molecule is [2H]c1c([2H])c([2H])c(-c2nc(-c3ccccc3)nc(-n3c4ccccc4c4ccc5c6ccccc6n(-c6cccc(-c7ccccc7)c6)c5c43)n2)c([2H])c1[2H]. The number of hydrogen-bond donors (Lipinski definition) is 0. The molecule has 0 aliphatic rings. The first-order valence-electron chi connectivity index (χ1n) is 18.9. The van der Waals surface area contributed by atoms with Gasteiger partial charge in [-0.25, -0.2) is 4.98 Å². The van der Waals surface area contributed by atoms with Crippen LogP contribution in [0.1, 0.15) is 6.85 Å². The van der Waals surface area contributed by atoms with Gasteiger partial charge in [-0.15, -0.1) is 0 Å². The normalized spacial score (nSPS) is 13.0. The molecule has 50 heavy (non-hydrogen) atoms. The van der Waals surface area contributed by atoms with E-state index in [1.807, 2.05) is 71.3 Å². The van der Waals surface area contributed by atoms with Gasteiger partial charge in [-0.3, -0.25) is 4.57 Å². The molecule has 0 aliphatic heterocycles. The van der Waals surface area contributed by atoms with Crippen molar-refractivity contribution in [3.05, 3.63) is 176 Å². The van der Waals surface area contributed by atoms with Gasteiger partial charge in [0.2, 0.25) is 5.95 Å². The van der Waals surface area contributed by atoms with Crippen LogP contribution in [0.15, 0.2) is 176 Å². The van der Waals surface area contributed by atoms with Crippen LogP contribution in [0.4, 0.5) is 0 Å². The fraction of sp³-hybridized carbons (Fsp3) is 0. The second-order valence-corrected chi connectivity index (χ2v) is 12.1. The zero-order valence-electron chi connectivity index (χ0n) is 31.6. The molecule has 5 nitrogen and oxygen atoms in total. The predicted octanol–water partition coefficient (Wildman–Crippen LogP) is 11.1. The van der Waals surface area contributed by atoms with Crippen molar-refractivity contribution in [3.63, 3.8) is 0 Å². The largest absolute Gasteiger partial charge is 0.307 e. The highest BCUT2D eigenvalue weighted by Gasteiger charge is 2.23. The Hall–Kier alpha value is -6.85. The average molecular weight is 645 g/mol. The van der Waals surface area contributed by atoms with Gasteiger partial charge >= 0.3 is 0 Å². The maximum absolute atomic E-state index is 8.84. The van der Waals surface area contributed by atoms with Crippen molar-refractivity contribution in [2.24, 2.45) is 0 Å². The first-order chi connectivity index (χ1) is 26.9. The van der Waals surface area contributed by atoms with Gasteiger partial charge in [0.1, 0.15) is 0 Å². The lowest BCUT2D eigenvalue weighted by atomic mass is 10.1. The number of nitrogens with zero attached hydrogens (tertiary/aromatic N) is 5. The maximum atomic E-state index is 8.84. The molecule has 234 valence electrons. The first-order valence-corrected chi connectivity index (χ1v) is 16.4. The summed E-state index contributed by atoms with van der Waals surface area (Å²) >= 11 is 0. The van der Waals surface area contributed by atoms with E-state index in [9.17, 15) is 0 Å². The highest BCUT2D eigenvalue weighted by atomic mass is 15.2. The van der Waals surface area contributed by atoms with Gasteiger partial charge < -0.3 is 4.57 Å². The Labute approximate surface area is 295 Å². The van der Waals surface area contributed by atoms with E-state index < -0.39 is 18.1 Å². The van der Waals surface area contributed by atoms with Crippen LogP contribution in [0.3, 0.4) is 0 Å². The predicted molar refractivity (Wildman–Crippen MR) is 205 cm³/mol. The molecule has 0 saturated heterocycles. The molecule has 0 atom stereocenters. The Bertz CT molecular complexity index is 3130. The summed E-state index contributed by atoms with van der Waals surface area (Å²) in [6.07, 6.45) is 0. The van der Waals surface area contributed by atoms with Crippen molar-refractivity contribution >= 4 is 43.6 Å². The highest BCUT2D eigenvalue weighted by Crippen LogP contribution is 2.42. The summed E-state index contributed by atoms with van der Waals surface area (Å²) in [6.45, 7) is 0. The van der Waals surface area contributed by atoms with Crippen molar-refractivity contribution < 1.29 is 6.85 Å². The lowest BCUT2D eigenvalue weighted by molar-refractivity contribution is 0.953. The summed E-state index contributed by atoms with van der Waals surface area (Å²) < 4.78 is 47.1. The third-order valence-electron chi connectivity index (χ3n) is 9.26. The molecule has 3 aromatic heterocycles. The molecule has 10 rings (SSSR count). The zero-order valence-corrected chi connectivity index (χ0v) is 26.6. The second kappa shape index (κ2) is 11.4. The Morgan fingerprint density at radius 2 is 0.940 bits per heavy atom. The quantitative estimate of drug-likeness (QED) is 0.187. The molecule has 0 unspecified atom stereocenters. The van der Waals surface area contributed by atoms with Crippen LogP contribution in [0, 0.1) is 0 Å². The molecule has 5 heteroatoms. The Morgan fingerprint density at radius 3 is 1.62 bits per heavy atom. The van der Waals surface area contributed by atoms with Crippen LogP contribution >= 0.6 is 0 Å². The molecule has 0 aliphatic carbocycles. The summed E-state index contributed by atoms with van der Waals surface area (Å²) in [5, 5.41) is 4.10. The van der Waals surface area contributed by atoms with Gasteiger partial charge in [-0.1, -0.05) is 152 Å². The first kappa shape index (κ1) is 23.5. The van der Waals surface area contributed by atoms with Crippen LogP contribution in [0.5, 0.6) is 0 Å². The summed E-state index contributed by atoms with van der Waals surface area (Å²) in [5.74, 6) is 0.542. The molecule has 0 saturated carbocycles. The minimum absolute atomic E-state index is 0.0185. The topological polar surface area (TPSA) is 48.5 Å². The maximum Gasteiger partial charge on any atom is 0.238 e. The molecule has 0 fully saturated rings. The fourth-order valence-electron chi connectivity index (χ4n) is 7.09. The van der Waals surface area contributed by atoms with E-state index in [0.29, 0.717) is 11.4 Å². The van der Waals surface area contributed by atoms with Gasteiger partial charge in [0, 0.05) is 38.4 Å². The molecular weight excluding hydrogens is 611 g/mol. The number of fused-ring (bicyclic) bond motifs is 7. The molecule has 10 aromatic rings. The average Bonchev–Trinajstić information content (AvgIpc) is 3.76. The highest BCUT2D eigenvalue weighted by molar-refractivity contribution is 6.23. The molecule has 0 N–H and O–H groups in total. The number of para-hydroxylation sites is 2. The van der Waals surface area contributed by atoms with Crippen molar-refractivity contribution in [3.8, 4) is 45.5 Å². The fourth-order valence-corrected chi connectivity index (χ4v) is 7.09. The Balaban J connectivity index is 1.36. The standard InChI is InChI=1S/C45H29N5/c1-4-15-30(16-5-1)33-21-14-22-34(29-33)49-39-25-12-10-23-35(39)37-27-28-38-36-24-11-13-26-40(36)50(42(38)41(37)49)45-47-43(31-17-6-2-7-18-31)46-44(48-45)32-19-8-3-9-20-32/h1-29H/i2D,6D,7D,17D,18D. The second-order valence-electron chi connectivity index (χ2n) is 12.1. The van der Waals surface area contributed by atoms with Crippen molar-refractivity contribution in [1.29, 1.82) is 0 Å². The number of aromatic nitrogens is 5. The lowest BCUT2D eigenvalue weighted by Gasteiger charge is -2.14. The zero-order chi connectivity index (χ0) is 37.4. The van der Waals surface area contributed by atoms with E-state index >= 15 is 0 Å². The van der Waals surface area contributed by atoms with Crippen molar-refractivity contribution in [2.45, 2.75) is 0 Å². The molecule has 3 heterocycles. The van der Waals surface area contributed by atoms with E-state index in [4.69, 9.17) is 21.8 Å². The van der Waals surface area contributed by atoms with E-state index in [-0.39, 0.29) is 29.4 Å².